The Morgan fingerprint density at radius 2 is 1.41 bits per heavy atom. The highest BCUT2D eigenvalue weighted by Crippen LogP contribution is 2.19. The van der Waals surface area contributed by atoms with E-state index in [0.717, 1.165) is 24.3 Å². The first kappa shape index (κ1) is 19.5. The molecule has 4 heteroatoms. The summed E-state index contributed by atoms with van der Waals surface area (Å²) in [6, 6.07) is 14.5. The maximum atomic E-state index is 9.23. The molecule has 0 spiro atoms. The number of phenolic OH excluding ortho intramolecular Hbond substituents is 2. The van der Waals surface area contributed by atoms with Gasteiger partial charge in [0.05, 0.1) is 0 Å². The Labute approximate surface area is 132 Å². The van der Waals surface area contributed by atoms with E-state index in [9.17, 15) is 5.11 Å². The molecule has 2 aromatic rings. The molecule has 2 aromatic carbocycles. The molecule has 2 N–H and O–H groups in total. The van der Waals surface area contributed by atoms with E-state index in [0.29, 0.717) is 11.5 Å². The number of anilines is 1. The fraction of sp³-hybridized carbons (Fsp3) is 0.278. The summed E-state index contributed by atoms with van der Waals surface area (Å²) in [5.74, 6) is 0.671. The van der Waals surface area contributed by atoms with Crippen molar-refractivity contribution in [1.82, 2.24) is 0 Å². The molecule has 4 nitrogen and oxygen atoms in total. The van der Waals surface area contributed by atoms with E-state index in [-0.39, 0.29) is 0 Å². The Morgan fingerprint density at radius 1 is 0.909 bits per heavy atom. The van der Waals surface area contributed by atoms with Crippen LogP contribution < -0.4 is 4.90 Å². The van der Waals surface area contributed by atoms with Crippen molar-refractivity contribution in [1.29, 1.82) is 0 Å². The molecule has 0 saturated carbocycles. The Morgan fingerprint density at radius 3 is 1.77 bits per heavy atom. The molecule has 0 unspecified atom stereocenters. The second-order valence-electron chi connectivity index (χ2n) is 4.53. The van der Waals surface area contributed by atoms with Gasteiger partial charge in [0, 0.05) is 24.8 Å². The van der Waals surface area contributed by atoms with Gasteiger partial charge in [-0.2, -0.15) is 0 Å². The van der Waals surface area contributed by atoms with Gasteiger partial charge < -0.3 is 19.9 Å². The van der Waals surface area contributed by atoms with Crippen molar-refractivity contribution in [2.24, 2.45) is 0 Å². The molecule has 0 heterocycles. The molecule has 0 aliphatic carbocycles. The largest absolute Gasteiger partial charge is 0.508 e. The van der Waals surface area contributed by atoms with Crippen LogP contribution in [0.5, 0.6) is 11.5 Å². The van der Waals surface area contributed by atoms with Gasteiger partial charge in [0.2, 0.25) is 0 Å². The van der Waals surface area contributed by atoms with Gasteiger partial charge in [0.1, 0.15) is 18.3 Å². The Kier molecular flexibility index (Phi) is 9.93. The number of hydrogen-bond donors (Lipinski definition) is 2. The van der Waals surface area contributed by atoms with Crippen molar-refractivity contribution in [3.8, 4) is 11.5 Å². The molecule has 0 aliphatic rings. The fourth-order valence-corrected chi connectivity index (χ4v) is 1.91. The first-order valence-corrected chi connectivity index (χ1v) is 7.15. The molecule has 120 valence electrons. The molecule has 2 rings (SSSR count). The maximum Gasteiger partial charge on any atom is 0.117 e. The predicted octanol–water partition coefficient (Wildman–Crippen LogP) is 3.75. The molecule has 0 atom stereocenters. The number of aromatic hydroxyl groups is 2. The lowest BCUT2D eigenvalue weighted by atomic mass is 10.2. The number of nitrogens with zero attached hydrogens (tertiary/aromatic N) is 1. The minimum Gasteiger partial charge on any atom is -0.508 e. The van der Waals surface area contributed by atoms with Crippen LogP contribution in [0.1, 0.15) is 19.4 Å². The average molecular weight is 303 g/mol. The molecular formula is C18H25NO3. The molecular weight excluding hydrogens is 278 g/mol. The van der Waals surface area contributed by atoms with E-state index >= 15 is 0 Å². The SMILES string of the molecule is C=O.CCN(CC)c1cccc(O)c1.Cc1cccc(O)c1. The van der Waals surface area contributed by atoms with Gasteiger partial charge in [-0.25, -0.2) is 0 Å². The summed E-state index contributed by atoms with van der Waals surface area (Å²) in [6.07, 6.45) is 0. The van der Waals surface area contributed by atoms with E-state index in [4.69, 9.17) is 9.90 Å². The maximum absolute atomic E-state index is 9.23. The van der Waals surface area contributed by atoms with Gasteiger partial charge in [0.15, 0.2) is 0 Å². The van der Waals surface area contributed by atoms with Crippen LogP contribution in [-0.2, 0) is 4.79 Å². The van der Waals surface area contributed by atoms with Crippen LogP contribution in [0, 0.1) is 6.92 Å². The molecule has 0 radical (unpaired) electrons. The van der Waals surface area contributed by atoms with E-state index in [1.165, 1.54) is 0 Å². The normalized spacial score (nSPS) is 8.86. The van der Waals surface area contributed by atoms with Gasteiger partial charge in [-0.15, -0.1) is 0 Å². The van der Waals surface area contributed by atoms with Gasteiger partial charge in [-0.05, 0) is 50.6 Å². The summed E-state index contributed by atoms with van der Waals surface area (Å²) in [5, 5.41) is 18.0. The number of phenols is 2. The molecule has 0 aromatic heterocycles. The summed E-state index contributed by atoms with van der Waals surface area (Å²) in [4.78, 5) is 10.2. The highest BCUT2D eigenvalue weighted by molar-refractivity contribution is 5.50. The molecule has 22 heavy (non-hydrogen) atoms. The summed E-state index contributed by atoms with van der Waals surface area (Å²) < 4.78 is 0. The minimum atomic E-state index is 0.333. The van der Waals surface area contributed by atoms with Crippen molar-refractivity contribution in [3.05, 3.63) is 54.1 Å². The third-order valence-electron chi connectivity index (χ3n) is 2.96. The summed E-state index contributed by atoms with van der Waals surface area (Å²) in [7, 11) is 0. The van der Waals surface area contributed by atoms with Crippen LogP contribution in [0.2, 0.25) is 0 Å². The third-order valence-corrected chi connectivity index (χ3v) is 2.96. The lowest BCUT2D eigenvalue weighted by molar-refractivity contribution is -0.0979. The second-order valence-corrected chi connectivity index (χ2v) is 4.53. The third kappa shape index (κ3) is 7.33. The smallest absolute Gasteiger partial charge is 0.117 e. The number of hydrogen-bond acceptors (Lipinski definition) is 4. The van der Waals surface area contributed by atoms with Crippen molar-refractivity contribution in [2.75, 3.05) is 18.0 Å². The van der Waals surface area contributed by atoms with Crippen molar-refractivity contribution in [2.45, 2.75) is 20.8 Å². The van der Waals surface area contributed by atoms with E-state index < -0.39 is 0 Å². The van der Waals surface area contributed by atoms with Gasteiger partial charge in [0.25, 0.3) is 0 Å². The molecule has 0 fully saturated rings. The summed E-state index contributed by atoms with van der Waals surface area (Å²) in [6.45, 7) is 10.1. The monoisotopic (exact) mass is 303 g/mol. The van der Waals surface area contributed by atoms with Gasteiger partial charge in [-0.3, -0.25) is 0 Å². The standard InChI is InChI=1S/C10H15NO.C7H8O.CH2O/c1-3-11(4-2)9-6-5-7-10(12)8-9;1-6-3-2-4-7(8)5-6;1-2/h5-8,12H,3-4H2,1-2H3;2-5,8H,1H3;1H2. The quantitative estimate of drug-likeness (QED) is 0.906. The van der Waals surface area contributed by atoms with Crippen molar-refractivity contribution >= 4 is 12.5 Å². The van der Waals surface area contributed by atoms with Crippen LogP contribution in [0.25, 0.3) is 0 Å². The summed E-state index contributed by atoms with van der Waals surface area (Å²) in [5.41, 5.74) is 2.17. The highest BCUT2D eigenvalue weighted by atomic mass is 16.3. The first-order chi connectivity index (χ1) is 10.6. The molecule has 0 bridgehead atoms. The van der Waals surface area contributed by atoms with E-state index in [2.05, 4.69) is 18.7 Å². The van der Waals surface area contributed by atoms with Crippen LogP contribution >= 0.6 is 0 Å². The highest BCUT2D eigenvalue weighted by Gasteiger charge is 2.00. The minimum absolute atomic E-state index is 0.333. The predicted molar refractivity (Wildman–Crippen MR) is 91.6 cm³/mol. The van der Waals surface area contributed by atoms with Gasteiger partial charge in [-0.1, -0.05) is 18.2 Å². The first-order valence-electron chi connectivity index (χ1n) is 7.15. The summed E-state index contributed by atoms with van der Waals surface area (Å²) >= 11 is 0. The number of aryl methyl sites for hydroxylation is 1. The molecule has 0 saturated heterocycles. The number of benzene rings is 2. The average Bonchev–Trinajstić information content (AvgIpc) is 2.51. The fourth-order valence-electron chi connectivity index (χ4n) is 1.91. The van der Waals surface area contributed by atoms with Gasteiger partial charge >= 0.3 is 0 Å². The topological polar surface area (TPSA) is 60.8 Å². The Balaban J connectivity index is 0.000000382. The number of carbonyl (C=O) groups is 1. The zero-order chi connectivity index (χ0) is 17.0. The zero-order valence-electron chi connectivity index (χ0n) is 13.5. The van der Waals surface area contributed by atoms with E-state index in [1.807, 2.05) is 38.0 Å². The Bertz CT molecular complexity index is 522. The zero-order valence-corrected chi connectivity index (χ0v) is 13.5. The lowest BCUT2D eigenvalue weighted by Crippen LogP contribution is -2.21. The second kappa shape index (κ2) is 11.2. The van der Waals surface area contributed by atoms with Crippen LogP contribution in [0.4, 0.5) is 5.69 Å². The number of rotatable bonds is 3. The number of carbonyl (C=O) groups excluding carboxylic acids is 1. The van der Waals surface area contributed by atoms with Crippen molar-refractivity contribution < 1.29 is 15.0 Å². The Hall–Kier alpha value is -2.49. The lowest BCUT2D eigenvalue weighted by Gasteiger charge is -2.20. The molecule has 0 amide bonds. The van der Waals surface area contributed by atoms with Crippen LogP contribution in [0.15, 0.2) is 48.5 Å². The van der Waals surface area contributed by atoms with Crippen LogP contribution in [-0.4, -0.2) is 30.1 Å². The van der Waals surface area contributed by atoms with Crippen molar-refractivity contribution in [3.63, 3.8) is 0 Å². The van der Waals surface area contributed by atoms with Crippen LogP contribution in [0.3, 0.4) is 0 Å². The van der Waals surface area contributed by atoms with E-state index in [1.54, 1.807) is 24.3 Å². The molecule has 0 aliphatic heterocycles.